The van der Waals surface area contributed by atoms with Gasteiger partial charge < -0.3 is 33.2 Å². The van der Waals surface area contributed by atoms with E-state index in [0.29, 0.717) is 44.7 Å². The molecule has 9 heteroatoms. The summed E-state index contributed by atoms with van der Waals surface area (Å²) in [5.74, 6) is 1.34. The number of hydrogen-bond donors (Lipinski definition) is 1. The number of fused-ring (bicyclic) bond motifs is 2. The lowest BCUT2D eigenvalue weighted by Gasteiger charge is -2.37. The lowest BCUT2D eigenvalue weighted by atomic mass is 9.78. The Labute approximate surface area is 219 Å². The molecule has 0 spiro atoms. The first-order chi connectivity index (χ1) is 17.3. The first-order valence-electron chi connectivity index (χ1n) is 12.4. The Balaban J connectivity index is 1.95. The highest BCUT2D eigenvalue weighted by Gasteiger charge is 2.66. The zero-order chi connectivity index (χ0) is 27.3. The third kappa shape index (κ3) is 4.57. The fourth-order valence-electron chi connectivity index (χ4n) is 4.64. The second kappa shape index (κ2) is 9.70. The Kier molecular flexibility index (Phi) is 7.24. The minimum absolute atomic E-state index is 0.0394. The SMILES string of the molecule is COCOc1cccc2c(OC)c(C3=C(CO[Si](C)(C)C(C)(C)C)[C@@H](O)[C@@]4(C)O[C@H]4C3=O)cc(OC)c12. The van der Waals surface area contributed by atoms with E-state index in [1.807, 2.05) is 18.2 Å². The van der Waals surface area contributed by atoms with Crippen LogP contribution in [0.5, 0.6) is 17.2 Å². The van der Waals surface area contributed by atoms with Crippen molar-refractivity contribution < 1.29 is 38.0 Å². The van der Waals surface area contributed by atoms with Gasteiger partial charge in [0.2, 0.25) is 0 Å². The molecule has 8 nitrogen and oxygen atoms in total. The molecule has 1 aliphatic carbocycles. The van der Waals surface area contributed by atoms with Crippen LogP contribution in [-0.2, 0) is 18.7 Å². The molecule has 37 heavy (non-hydrogen) atoms. The zero-order valence-corrected chi connectivity index (χ0v) is 24.2. The first kappa shape index (κ1) is 27.6. The largest absolute Gasteiger partial charge is 0.496 e. The van der Waals surface area contributed by atoms with Gasteiger partial charge in [0.1, 0.15) is 29.0 Å². The van der Waals surface area contributed by atoms with Crippen molar-refractivity contribution in [2.75, 3.05) is 34.7 Å². The van der Waals surface area contributed by atoms with Crippen molar-refractivity contribution in [3.05, 3.63) is 35.4 Å². The molecule has 2 aliphatic rings. The number of methoxy groups -OCH3 is 3. The van der Waals surface area contributed by atoms with E-state index in [1.54, 1.807) is 34.3 Å². The quantitative estimate of drug-likeness (QED) is 0.283. The molecule has 0 amide bonds. The Morgan fingerprint density at radius 1 is 1.11 bits per heavy atom. The number of epoxide rings is 1. The summed E-state index contributed by atoms with van der Waals surface area (Å²) in [6.07, 6.45) is -1.73. The third-order valence-corrected chi connectivity index (χ3v) is 12.4. The van der Waals surface area contributed by atoms with Crippen molar-refractivity contribution in [2.45, 2.75) is 63.6 Å². The van der Waals surface area contributed by atoms with Gasteiger partial charge in [0.25, 0.3) is 0 Å². The Morgan fingerprint density at radius 2 is 1.81 bits per heavy atom. The highest BCUT2D eigenvalue weighted by molar-refractivity contribution is 6.74. The minimum Gasteiger partial charge on any atom is -0.496 e. The Hall–Kier alpha value is -2.43. The van der Waals surface area contributed by atoms with Gasteiger partial charge in [-0.25, -0.2) is 0 Å². The molecule has 2 aromatic carbocycles. The molecule has 1 fully saturated rings. The van der Waals surface area contributed by atoms with Crippen molar-refractivity contribution in [2.24, 2.45) is 0 Å². The van der Waals surface area contributed by atoms with Gasteiger partial charge in [-0.2, -0.15) is 0 Å². The Morgan fingerprint density at radius 3 is 2.41 bits per heavy atom. The smallest absolute Gasteiger partial charge is 0.195 e. The molecule has 0 aromatic heterocycles. The summed E-state index contributed by atoms with van der Waals surface area (Å²) in [5.41, 5.74) is 0.414. The molecule has 0 bridgehead atoms. The van der Waals surface area contributed by atoms with Crippen LogP contribution >= 0.6 is 0 Å². The molecule has 1 saturated heterocycles. The van der Waals surface area contributed by atoms with E-state index in [2.05, 4.69) is 33.9 Å². The lowest BCUT2D eigenvalue weighted by Crippen LogP contribution is -2.45. The van der Waals surface area contributed by atoms with Crippen molar-refractivity contribution >= 4 is 30.4 Å². The van der Waals surface area contributed by atoms with Crippen LogP contribution in [0.1, 0.15) is 33.3 Å². The number of carbonyl (C=O) groups excluding carboxylic acids is 1. The van der Waals surface area contributed by atoms with Crippen LogP contribution in [0.4, 0.5) is 0 Å². The number of hydrogen-bond acceptors (Lipinski definition) is 8. The van der Waals surface area contributed by atoms with E-state index in [1.165, 1.54) is 0 Å². The predicted octanol–water partition coefficient (Wildman–Crippen LogP) is 4.72. The normalized spacial score (nSPS) is 23.8. The highest BCUT2D eigenvalue weighted by Crippen LogP contribution is 2.53. The minimum atomic E-state index is -2.19. The van der Waals surface area contributed by atoms with Gasteiger partial charge in [-0.1, -0.05) is 32.9 Å². The lowest BCUT2D eigenvalue weighted by molar-refractivity contribution is -0.115. The van der Waals surface area contributed by atoms with Gasteiger partial charge in [-0.05, 0) is 42.8 Å². The van der Waals surface area contributed by atoms with Gasteiger partial charge >= 0.3 is 0 Å². The number of benzene rings is 2. The van der Waals surface area contributed by atoms with Crippen molar-refractivity contribution in [1.82, 2.24) is 0 Å². The molecule has 1 aliphatic heterocycles. The van der Waals surface area contributed by atoms with Crippen molar-refractivity contribution in [1.29, 1.82) is 0 Å². The van der Waals surface area contributed by atoms with Crippen LogP contribution in [0.2, 0.25) is 18.1 Å². The molecule has 202 valence electrons. The number of carbonyl (C=O) groups is 1. The van der Waals surface area contributed by atoms with Crippen LogP contribution < -0.4 is 14.2 Å². The summed E-state index contributed by atoms with van der Waals surface area (Å²) in [7, 11) is 2.48. The molecule has 0 saturated carbocycles. The average Bonchev–Trinajstić information content (AvgIpc) is 3.55. The van der Waals surface area contributed by atoms with E-state index < -0.39 is 26.1 Å². The summed E-state index contributed by atoms with van der Waals surface area (Å²) in [5, 5.41) is 12.8. The zero-order valence-electron chi connectivity index (χ0n) is 23.2. The van der Waals surface area contributed by atoms with E-state index in [4.69, 9.17) is 28.1 Å². The molecular formula is C28H38O8Si. The molecule has 2 aromatic rings. The van der Waals surface area contributed by atoms with Crippen LogP contribution in [0.25, 0.3) is 16.3 Å². The van der Waals surface area contributed by atoms with Crippen LogP contribution in [-0.4, -0.2) is 71.7 Å². The topological polar surface area (TPSA) is 96.0 Å². The van der Waals surface area contributed by atoms with Gasteiger partial charge in [0, 0.05) is 23.6 Å². The number of aliphatic hydroxyl groups excluding tert-OH is 1. The maximum atomic E-state index is 13.8. The van der Waals surface area contributed by atoms with E-state index >= 15 is 0 Å². The fraction of sp³-hybridized carbons (Fsp3) is 0.536. The predicted molar refractivity (Wildman–Crippen MR) is 144 cm³/mol. The number of rotatable bonds is 9. The van der Waals surface area contributed by atoms with Gasteiger partial charge in [-0.15, -0.1) is 0 Å². The summed E-state index contributed by atoms with van der Waals surface area (Å²) in [4.78, 5) is 13.8. The average molecular weight is 531 g/mol. The second-order valence-electron chi connectivity index (χ2n) is 11.3. The number of ketones is 1. The number of Topliss-reactive ketones (excluding diaryl/α,β-unsaturated/α-hetero) is 1. The number of ether oxygens (including phenoxy) is 5. The first-order valence-corrected chi connectivity index (χ1v) is 15.3. The molecule has 4 rings (SSSR count). The van der Waals surface area contributed by atoms with Crippen LogP contribution in [0.3, 0.4) is 0 Å². The van der Waals surface area contributed by atoms with E-state index in [9.17, 15) is 9.90 Å². The summed E-state index contributed by atoms with van der Waals surface area (Å²) < 4.78 is 34.8. The van der Waals surface area contributed by atoms with Crippen molar-refractivity contribution in [3.63, 3.8) is 0 Å². The van der Waals surface area contributed by atoms with E-state index in [-0.39, 0.29) is 24.2 Å². The van der Waals surface area contributed by atoms with Gasteiger partial charge in [0.15, 0.2) is 27.0 Å². The molecule has 0 unspecified atom stereocenters. The molecule has 1 heterocycles. The highest BCUT2D eigenvalue weighted by atomic mass is 28.4. The van der Waals surface area contributed by atoms with Crippen LogP contribution in [0.15, 0.2) is 29.8 Å². The summed E-state index contributed by atoms with van der Waals surface area (Å²) in [6.45, 7) is 12.7. The maximum absolute atomic E-state index is 13.8. The molecular weight excluding hydrogens is 492 g/mol. The van der Waals surface area contributed by atoms with Gasteiger partial charge in [0.05, 0.1) is 26.2 Å². The van der Waals surface area contributed by atoms with Crippen molar-refractivity contribution in [3.8, 4) is 17.2 Å². The van der Waals surface area contributed by atoms with E-state index in [0.717, 1.165) is 0 Å². The molecule has 3 atom stereocenters. The fourth-order valence-corrected chi connectivity index (χ4v) is 5.59. The summed E-state index contributed by atoms with van der Waals surface area (Å²) in [6, 6.07) is 7.30. The number of aliphatic hydroxyl groups is 1. The van der Waals surface area contributed by atoms with Crippen LogP contribution in [0, 0.1) is 0 Å². The Bertz CT molecular complexity index is 1240. The third-order valence-electron chi connectivity index (χ3n) is 7.97. The monoisotopic (exact) mass is 530 g/mol. The molecule has 0 radical (unpaired) electrons. The maximum Gasteiger partial charge on any atom is 0.195 e. The molecule has 1 N–H and O–H groups in total. The standard InChI is InChI=1S/C28H38O8Si/c1-27(2,3)37(8,9)35-14-18-21(23(29)26-28(4,36-26)25(18)30)17-13-20(32-6)22-16(24(17)33-7)11-10-12-19(22)34-15-31-5/h10-13,25-26,30H,14-15H2,1-9H3/t25-,26+,28-/m1/s1. The van der Waals surface area contributed by atoms with Gasteiger partial charge in [-0.3, -0.25) is 4.79 Å². The summed E-state index contributed by atoms with van der Waals surface area (Å²) >= 11 is 0. The second-order valence-corrected chi connectivity index (χ2v) is 16.1.